The summed E-state index contributed by atoms with van der Waals surface area (Å²) in [6.07, 6.45) is 9.36. The average molecular weight is 263 g/mol. The molecular formula is C17H26FN. The van der Waals surface area contributed by atoms with Crippen molar-refractivity contribution in [3.05, 3.63) is 35.1 Å². The Morgan fingerprint density at radius 3 is 2.68 bits per heavy atom. The molecule has 1 aromatic rings. The molecule has 1 aromatic carbocycles. The van der Waals surface area contributed by atoms with E-state index < -0.39 is 0 Å². The zero-order valence-corrected chi connectivity index (χ0v) is 12.2. The summed E-state index contributed by atoms with van der Waals surface area (Å²) in [4.78, 5) is 0. The summed E-state index contributed by atoms with van der Waals surface area (Å²) in [6, 6.07) is 5.41. The first-order valence-corrected chi connectivity index (χ1v) is 7.64. The summed E-state index contributed by atoms with van der Waals surface area (Å²) in [5.41, 5.74) is 2.31. The molecule has 2 rings (SSSR count). The number of nitrogens with one attached hydrogen (secondary N) is 1. The molecule has 2 heteroatoms. The first-order valence-electron chi connectivity index (χ1n) is 7.64. The molecule has 1 atom stereocenters. The molecule has 1 aliphatic rings. The van der Waals surface area contributed by atoms with Gasteiger partial charge in [-0.1, -0.05) is 38.2 Å². The van der Waals surface area contributed by atoms with E-state index >= 15 is 0 Å². The Hall–Kier alpha value is -0.890. The molecule has 0 spiro atoms. The second-order valence-corrected chi connectivity index (χ2v) is 5.92. The van der Waals surface area contributed by atoms with Crippen molar-refractivity contribution >= 4 is 0 Å². The lowest BCUT2D eigenvalue weighted by Crippen LogP contribution is -2.19. The van der Waals surface area contributed by atoms with E-state index in [0.717, 1.165) is 17.9 Å². The Bertz CT molecular complexity index is 396. The molecule has 1 N–H and O–H groups in total. The number of hydrogen-bond acceptors (Lipinski definition) is 1. The van der Waals surface area contributed by atoms with Crippen LogP contribution in [0.25, 0.3) is 0 Å². The SMILES string of the molecule is CNC(CCC1CCCCC1)c1cc(F)ccc1C. The minimum absolute atomic E-state index is 0.126. The van der Waals surface area contributed by atoms with Crippen LogP contribution < -0.4 is 5.32 Å². The number of rotatable bonds is 5. The van der Waals surface area contributed by atoms with Crippen molar-refractivity contribution in [3.63, 3.8) is 0 Å². The highest BCUT2D eigenvalue weighted by Crippen LogP contribution is 2.31. The molecule has 1 unspecified atom stereocenters. The second kappa shape index (κ2) is 7.04. The first-order chi connectivity index (χ1) is 9.20. The van der Waals surface area contributed by atoms with Crippen LogP contribution in [0.2, 0.25) is 0 Å². The molecule has 0 radical (unpaired) electrons. The monoisotopic (exact) mass is 263 g/mol. The van der Waals surface area contributed by atoms with Crippen LogP contribution in [0.1, 0.15) is 62.1 Å². The summed E-state index contributed by atoms with van der Waals surface area (Å²) >= 11 is 0. The molecule has 0 aromatic heterocycles. The van der Waals surface area contributed by atoms with Gasteiger partial charge in [0.15, 0.2) is 0 Å². The molecule has 106 valence electrons. The van der Waals surface area contributed by atoms with Crippen LogP contribution in [0.3, 0.4) is 0 Å². The van der Waals surface area contributed by atoms with E-state index in [1.165, 1.54) is 44.1 Å². The third kappa shape index (κ3) is 4.04. The highest BCUT2D eigenvalue weighted by Gasteiger charge is 2.17. The van der Waals surface area contributed by atoms with Crippen LogP contribution in [-0.2, 0) is 0 Å². The van der Waals surface area contributed by atoms with Crippen molar-refractivity contribution in [2.24, 2.45) is 5.92 Å². The highest BCUT2D eigenvalue weighted by atomic mass is 19.1. The van der Waals surface area contributed by atoms with E-state index in [0.29, 0.717) is 0 Å². The van der Waals surface area contributed by atoms with Crippen LogP contribution >= 0.6 is 0 Å². The largest absolute Gasteiger partial charge is 0.313 e. The van der Waals surface area contributed by atoms with Crippen molar-refractivity contribution in [1.29, 1.82) is 0 Å². The normalized spacial score (nSPS) is 18.5. The van der Waals surface area contributed by atoms with E-state index in [1.54, 1.807) is 12.1 Å². The Morgan fingerprint density at radius 1 is 1.26 bits per heavy atom. The number of benzene rings is 1. The quantitative estimate of drug-likeness (QED) is 0.808. The Morgan fingerprint density at radius 2 is 2.00 bits per heavy atom. The molecule has 0 bridgehead atoms. The fourth-order valence-corrected chi connectivity index (χ4v) is 3.32. The number of aryl methyl sites for hydroxylation is 1. The minimum Gasteiger partial charge on any atom is -0.313 e. The van der Waals surface area contributed by atoms with E-state index in [4.69, 9.17) is 0 Å². The van der Waals surface area contributed by atoms with Gasteiger partial charge in [0, 0.05) is 6.04 Å². The topological polar surface area (TPSA) is 12.0 Å². The van der Waals surface area contributed by atoms with E-state index in [9.17, 15) is 4.39 Å². The predicted octanol–water partition coefficient (Wildman–Crippen LogP) is 4.76. The Labute approximate surface area is 116 Å². The van der Waals surface area contributed by atoms with Crippen molar-refractivity contribution in [3.8, 4) is 0 Å². The zero-order valence-electron chi connectivity index (χ0n) is 12.2. The second-order valence-electron chi connectivity index (χ2n) is 5.92. The molecule has 0 saturated heterocycles. The van der Waals surface area contributed by atoms with Gasteiger partial charge in [0.25, 0.3) is 0 Å². The first kappa shape index (κ1) is 14.5. The van der Waals surface area contributed by atoms with Crippen LogP contribution in [0, 0.1) is 18.7 Å². The third-order valence-corrected chi connectivity index (χ3v) is 4.55. The van der Waals surface area contributed by atoms with Crippen LogP contribution in [0.5, 0.6) is 0 Å². The van der Waals surface area contributed by atoms with Gasteiger partial charge in [-0.2, -0.15) is 0 Å². The van der Waals surface area contributed by atoms with Gasteiger partial charge in [-0.3, -0.25) is 0 Å². The molecule has 1 aliphatic carbocycles. The molecule has 0 heterocycles. The highest BCUT2D eigenvalue weighted by molar-refractivity contribution is 5.29. The lowest BCUT2D eigenvalue weighted by molar-refractivity contribution is 0.317. The van der Waals surface area contributed by atoms with E-state index in [2.05, 4.69) is 12.2 Å². The van der Waals surface area contributed by atoms with Crippen LogP contribution in [-0.4, -0.2) is 7.05 Å². The fraction of sp³-hybridized carbons (Fsp3) is 0.647. The van der Waals surface area contributed by atoms with E-state index in [1.807, 2.05) is 13.1 Å². The minimum atomic E-state index is -0.126. The summed E-state index contributed by atoms with van der Waals surface area (Å²) in [5.74, 6) is 0.761. The third-order valence-electron chi connectivity index (χ3n) is 4.55. The molecule has 0 aliphatic heterocycles. The summed E-state index contributed by atoms with van der Waals surface area (Å²) in [7, 11) is 1.98. The summed E-state index contributed by atoms with van der Waals surface area (Å²) in [5, 5.41) is 3.36. The van der Waals surface area contributed by atoms with Crippen molar-refractivity contribution in [2.45, 2.75) is 57.9 Å². The lowest BCUT2D eigenvalue weighted by atomic mass is 9.84. The maximum Gasteiger partial charge on any atom is 0.123 e. The molecule has 1 nitrogen and oxygen atoms in total. The summed E-state index contributed by atoms with van der Waals surface area (Å²) < 4.78 is 13.4. The van der Waals surface area contributed by atoms with E-state index in [-0.39, 0.29) is 11.9 Å². The van der Waals surface area contributed by atoms with Gasteiger partial charge in [0.05, 0.1) is 0 Å². The molecule has 1 fully saturated rings. The summed E-state index contributed by atoms with van der Waals surface area (Å²) in [6.45, 7) is 2.07. The predicted molar refractivity (Wildman–Crippen MR) is 78.7 cm³/mol. The maximum atomic E-state index is 13.4. The van der Waals surface area contributed by atoms with Crippen molar-refractivity contribution < 1.29 is 4.39 Å². The lowest BCUT2D eigenvalue weighted by Gasteiger charge is -2.25. The molecular weight excluding hydrogens is 237 g/mol. The Kier molecular flexibility index (Phi) is 5.38. The van der Waals surface area contributed by atoms with Crippen LogP contribution in [0.15, 0.2) is 18.2 Å². The van der Waals surface area contributed by atoms with Crippen molar-refractivity contribution in [2.75, 3.05) is 7.05 Å². The Balaban J connectivity index is 1.97. The van der Waals surface area contributed by atoms with Gasteiger partial charge in [-0.15, -0.1) is 0 Å². The van der Waals surface area contributed by atoms with Crippen molar-refractivity contribution in [1.82, 2.24) is 5.32 Å². The van der Waals surface area contributed by atoms with Crippen LogP contribution in [0.4, 0.5) is 4.39 Å². The fourth-order valence-electron chi connectivity index (χ4n) is 3.32. The van der Waals surface area contributed by atoms with Gasteiger partial charge in [-0.25, -0.2) is 4.39 Å². The molecule has 0 amide bonds. The van der Waals surface area contributed by atoms with Gasteiger partial charge in [-0.05, 0) is 56.0 Å². The van der Waals surface area contributed by atoms with Gasteiger partial charge in [0.2, 0.25) is 0 Å². The maximum absolute atomic E-state index is 13.4. The zero-order chi connectivity index (χ0) is 13.7. The van der Waals surface area contributed by atoms with Gasteiger partial charge < -0.3 is 5.32 Å². The van der Waals surface area contributed by atoms with Gasteiger partial charge >= 0.3 is 0 Å². The number of hydrogen-bond donors (Lipinski definition) is 1. The average Bonchev–Trinajstić information content (AvgIpc) is 2.44. The smallest absolute Gasteiger partial charge is 0.123 e. The number of halogens is 1. The standard InChI is InChI=1S/C17H26FN/c1-13-8-10-15(18)12-16(13)17(19-2)11-9-14-6-4-3-5-7-14/h8,10,12,14,17,19H,3-7,9,11H2,1-2H3. The molecule has 1 saturated carbocycles. The molecule has 19 heavy (non-hydrogen) atoms. The van der Waals surface area contributed by atoms with Gasteiger partial charge in [0.1, 0.15) is 5.82 Å².